The molecule has 0 radical (unpaired) electrons. The van der Waals surface area contributed by atoms with Crippen molar-refractivity contribution in [3.63, 3.8) is 0 Å². The lowest BCUT2D eigenvalue weighted by Crippen LogP contribution is -2.00. The number of nitrogens with two attached hydrogens (primary N) is 1. The van der Waals surface area contributed by atoms with Crippen LogP contribution in [0.2, 0.25) is 0 Å². The van der Waals surface area contributed by atoms with Crippen molar-refractivity contribution in [1.29, 1.82) is 0 Å². The molecule has 1 aliphatic carbocycles. The zero-order valence-corrected chi connectivity index (χ0v) is 6.89. The average molecular weight is 165 g/mol. The molecule has 0 saturated heterocycles. The zero-order chi connectivity index (χ0) is 8.60. The largest absolute Gasteiger partial charge is 0.326 e. The highest BCUT2D eigenvalue weighted by Crippen LogP contribution is 2.49. The first kappa shape index (κ1) is 7.74. The highest BCUT2D eigenvalue weighted by atomic mass is 19.1. The quantitative estimate of drug-likeness (QED) is 0.713. The Morgan fingerprint density at radius 1 is 1.25 bits per heavy atom. The van der Waals surface area contributed by atoms with E-state index in [0.717, 1.165) is 11.1 Å². The van der Waals surface area contributed by atoms with E-state index in [0.29, 0.717) is 19.4 Å². The van der Waals surface area contributed by atoms with Gasteiger partial charge in [0, 0.05) is 6.54 Å². The fraction of sp³-hybridized carbons (Fsp3) is 0.400. The molecule has 1 saturated carbocycles. The first-order chi connectivity index (χ1) is 5.74. The Hall–Kier alpha value is -0.890. The molecule has 0 aromatic heterocycles. The number of alkyl halides is 1. The first-order valence-corrected chi connectivity index (χ1v) is 4.23. The fourth-order valence-corrected chi connectivity index (χ4v) is 1.34. The lowest BCUT2D eigenvalue weighted by Gasteiger charge is -2.05. The summed E-state index contributed by atoms with van der Waals surface area (Å²) in [5.41, 5.74) is 6.29. The molecule has 2 rings (SSSR count). The summed E-state index contributed by atoms with van der Waals surface area (Å²) in [5.74, 6) is 0. The maximum absolute atomic E-state index is 13.4. The number of hydrogen-bond donors (Lipinski definition) is 1. The topological polar surface area (TPSA) is 26.0 Å². The van der Waals surface area contributed by atoms with Crippen LogP contribution in [-0.4, -0.2) is 0 Å². The van der Waals surface area contributed by atoms with Gasteiger partial charge >= 0.3 is 0 Å². The Morgan fingerprint density at radius 3 is 2.25 bits per heavy atom. The lowest BCUT2D eigenvalue weighted by atomic mass is 10.1. The Bertz CT molecular complexity index is 274. The van der Waals surface area contributed by atoms with Crippen molar-refractivity contribution in [2.45, 2.75) is 25.1 Å². The summed E-state index contributed by atoms with van der Waals surface area (Å²) in [6.45, 7) is 0.527. The van der Waals surface area contributed by atoms with Gasteiger partial charge in [-0.2, -0.15) is 0 Å². The Morgan fingerprint density at radius 2 is 1.83 bits per heavy atom. The number of rotatable bonds is 2. The van der Waals surface area contributed by atoms with Crippen LogP contribution >= 0.6 is 0 Å². The highest BCUT2D eigenvalue weighted by molar-refractivity contribution is 5.30. The van der Waals surface area contributed by atoms with E-state index < -0.39 is 5.67 Å². The van der Waals surface area contributed by atoms with E-state index >= 15 is 0 Å². The van der Waals surface area contributed by atoms with Crippen molar-refractivity contribution >= 4 is 0 Å². The van der Waals surface area contributed by atoms with E-state index in [1.165, 1.54) is 0 Å². The molecule has 0 unspecified atom stereocenters. The molecular formula is C10H12FN. The summed E-state index contributed by atoms with van der Waals surface area (Å²) >= 11 is 0. The summed E-state index contributed by atoms with van der Waals surface area (Å²) in [6, 6.07) is 7.48. The molecule has 1 aromatic rings. The van der Waals surface area contributed by atoms with Crippen molar-refractivity contribution in [2.75, 3.05) is 0 Å². The van der Waals surface area contributed by atoms with Gasteiger partial charge in [0.25, 0.3) is 0 Å². The monoisotopic (exact) mass is 165 g/mol. The van der Waals surface area contributed by atoms with E-state index in [4.69, 9.17) is 5.73 Å². The van der Waals surface area contributed by atoms with Crippen LogP contribution in [0.25, 0.3) is 0 Å². The van der Waals surface area contributed by atoms with E-state index in [2.05, 4.69) is 0 Å². The first-order valence-electron chi connectivity index (χ1n) is 4.23. The van der Waals surface area contributed by atoms with E-state index in [9.17, 15) is 4.39 Å². The van der Waals surface area contributed by atoms with Crippen LogP contribution in [0.1, 0.15) is 24.0 Å². The molecule has 12 heavy (non-hydrogen) atoms. The third-order valence-corrected chi connectivity index (χ3v) is 2.40. The van der Waals surface area contributed by atoms with Gasteiger partial charge in [-0.25, -0.2) is 4.39 Å². The molecule has 0 bridgehead atoms. The number of benzene rings is 1. The van der Waals surface area contributed by atoms with Gasteiger partial charge in [-0.05, 0) is 24.0 Å². The van der Waals surface area contributed by atoms with Crippen LogP contribution in [0.15, 0.2) is 24.3 Å². The van der Waals surface area contributed by atoms with E-state index in [1.54, 1.807) is 0 Å². The van der Waals surface area contributed by atoms with Gasteiger partial charge in [-0.3, -0.25) is 0 Å². The average Bonchev–Trinajstić information content (AvgIpc) is 2.85. The minimum absolute atomic E-state index is 0.527. The lowest BCUT2D eigenvalue weighted by molar-refractivity contribution is 0.317. The normalized spacial score (nSPS) is 19.2. The summed E-state index contributed by atoms with van der Waals surface area (Å²) in [6.07, 6.45) is 1.35. The van der Waals surface area contributed by atoms with Crippen molar-refractivity contribution < 1.29 is 4.39 Å². The van der Waals surface area contributed by atoms with Crippen LogP contribution in [0.4, 0.5) is 4.39 Å². The predicted molar refractivity (Wildman–Crippen MR) is 46.4 cm³/mol. The van der Waals surface area contributed by atoms with Gasteiger partial charge in [-0.15, -0.1) is 0 Å². The molecule has 0 amide bonds. The second-order valence-corrected chi connectivity index (χ2v) is 3.37. The van der Waals surface area contributed by atoms with Crippen molar-refractivity contribution in [3.05, 3.63) is 35.4 Å². The van der Waals surface area contributed by atoms with Crippen LogP contribution in [0.5, 0.6) is 0 Å². The molecule has 0 atom stereocenters. The third kappa shape index (κ3) is 1.23. The van der Waals surface area contributed by atoms with Gasteiger partial charge in [0.2, 0.25) is 0 Å². The zero-order valence-electron chi connectivity index (χ0n) is 6.89. The Labute approximate surface area is 71.4 Å². The van der Waals surface area contributed by atoms with Crippen LogP contribution in [-0.2, 0) is 12.2 Å². The molecule has 64 valence electrons. The number of halogens is 1. The minimum Gasteiger partial charge on any atom is -0.326 e. The molecule has 0 aliphatic heterocycles. The standard InChI is InChI=1S/C10H12FN/c11-10(5-6-10)9-3-1-8(7-12)2-4-9/h1-4H,5-7,12H2. The summed E-state index contributed by atoms with van der Waals surface area (Å²) in [7, 11) is 0. The molecule has 1 aromatic carbocycles. The molecular weight excluding hydrogens is 153 g/mol. The highest BCUT2D eigenvalue weighted by Gasteiger charge is 2.44. The van der Waals surface area contributed by atoms with Gasteiger partial charge in [0.15, 0.2) is 0 Å². The second-order valence-electron chi connectivity index (χ2n) is 3.37. The molecule has 1 fully saturated rings. The van der Waals surface area contributed by atoms with Gasteiger partial charge in [0.1, 0.15) is 5.67 Å². The second kappa shape index (κ2) is 2.56. The summed E-state index contributed by atoms with van der Waals surface area (Å²) < 4.78 is 13.4. The van der Waals surface area contributed by atoms with Crippen LogP contribution < -0.4 is 5.73 Å². The predicted octanol–water partition coefficient (Wildman–Crippen LogP) is 2.10. The van der Waals surface area contributed by atoms with Crippen molar-refractivity contribution in [1.82, 2.24) is 0 Å². The molecule has 2 heteroatoms. The van der Waals surface area contributed by atoms with Gasteiger partial charge in [0.05, 0.1) is 0 Å². The molecule has 1 nitrogen and oxygen atoms in total. The minimum atomic E-state index is -1.01. The Balaban J connectivity index is 2.25. The molecule has 1 aliphatic rings. The van der Waals surface area contributed by atoms with Crippen LogP contribution in [0.3, 0.4) is 0 Å². The fourth-order valence-electron chi connectivity index (χ4n) is 1.34. The van der Waals surface area contributed by atoms with E-state index in [-0.39, 0.29) is 0 Å². The van der Waals surface area contributed by atoms with Crippen molar-refractivity contribution in [2.24, 2.45) is 5.73 Å². The molecule has 0 heterocycles. The Kier molecular flexibility index (Phi) is 1.65. The number of hydrogen-bond acceptors (Lipinski definition) is 1. The smallest absolute Gasteiger partial charge is 0.136 e. The van der Waals surface area contributed by atoms with Gasteiger partial charge < -0.3 is 5.73 Å². The maximum Gasteiger partial charge on any atom is 0.136 e. The molecule has 0 spiro atoms. The van der Waals surface area contributed by atoms with Crippen molar-refractivity contribution in [3.8, 4) is 0 Å². The SMILES string of the molecule is NCc1ccc(C2(F)CC2)cc1. The summed E-state index contributed by atoms with van der Waals surface area (Å²) in [5, 5.41) is 0. The van der Waals surface area contributed by atoms with Crippen LogP contribution in [0, 0.1) is 0 Å². The maximum atomic E-state index is 13.4. The molecule has 2 N–H and O–H groups in total. The summed E-state index contributed by atoms with van der Waals surface area (Å²) in [4.78, 5) is 0. The van der Waals surface area contributed by atoms with E-state index in [1.807, 2.05) is 24.3 Å². The van der Waals surface area contributed by atoms with Gasteiger partial charge in [-0.1, -0.05) is 24.3 Å². The third-order valence-electron chi connectivity index (χ3n) is 2.40.